The molecule has 0 spiro atoms. The highest BCUT2D eigenvalue weighted by Gasteiger charge is 2.18. The number of nitrogens with zero attached hydrogens (tertiary/aromatic N) is 2. The molecule has 0 atom stereocenters. The molecule has 2 N–H and O–H groups in total. The first kappa shape index (κ1) is 18.6. The van der Waals surface area contributed by atoms with E-state index in [-0.39, 0.29) is 17.4 Å². The van der Waals surface area contributed by atoms with Gasteiger partial charge in [-0.3, -0.25) is 9.59 Å². The van der Waals surface area contributed by atoms with Crippen molar-refractivity contribution in [1.82, 2.24) is 15.3 Å². The smallest absolute Gasteiger partial charge is 0.258 e. The van der Waals surface area contributed by atoms with Crippen LogP contribution in [0, 0.1) is 6.92 Å². The molecule has 0 saturated heterocycles. The summed E-state index contributed by atoms with van der Waals surface area (Å²) in [6.45, 7) is 9.53. The van der Waals surface area contributed by atoms with Crippen LogP contribution in [-0.4, -0.2) is 27.3 Å². The number of aromatic nitrogens is 2. The summed E-state index contributed by atoms with van der Waals surface area (Å²) in [6, 6.07) is 5.25. The summed E-state index contributed by atoms with van der Waals surface area (Å²) in [5.74, 6) is 0.212. The van der Waals surface area contributed by atoms with E-state index in [1.807, 2.05) is 34.6 Å². The van der Waals surface area contributed by atoms with Crippen molar-refractivity contribution in [3.63, 3.8) is 0 Å². The van der Waals surface area contributed by atoms with E-state index in [2.05, 4.69) is 20.6 Å². The molecular weight excluding hydrogens is 316 g/mol. The Kier molecular flexibility index (Phi) is 5.51. The lowest BCUT2D eigenvalue weighted by molar-refractivity contribution is 0.0917. The van der Waals surface area contributed by atoms with E-state index in [1.54, 1.807) is 18.2 Å². The molecule has 0 aliphatic rings. The predicted molar refractivity (Wildman–Crippen MR) is 97.8 cm³/mol. The number of carbonyl (C=O) groups excluding carboxylic acids is 2. The van der Waals surface area contributed by atoms with Crippen LogP contribution in [0.15, 0.2) is 30.6 Å². The fraction of sp³-hybridized carbons (Fsp3) is 0.368. The molecule has 0 bridgehead atoms. The number of amides is 2. The molecular formula is C19H24N4O2. The monoisotopic (exact) mass is 340 g/mol. The van der Waals surface area contributed by atoms with Gasteiger partial charge in [-0.1, -0.05) is 13.0 Å². The van der Waals surface area contributed by atoms with Crippen molar-refractivity contribution >= 4 is 17.5 Å². The molecule has 1 aromatic heterocycles. The number of rotatable bonds is 4. The molecule has 6 heteroatoms. The lowest BCUT2D eigenvalue weighted by Gasteiger charge is -2.21. The van der Waals surface area contributed by atoms with Crippen molar-refractivity contribution in [3.8, 4) is 0 Å². The third-order valence-electron chi connectivity index (χ3n) is 3.60. The lowest BCUT2D eigenvalue weighted by atomic mass is 10.0. The van der Waals surface area contributed by atoms with Gasteiger partial charge in [0, 0.05) is 35.6 Å². The molecule has 25 heavy (non-hydrogen) atoms. The van der Waals surface area contributed by atoms with Gasteiger partial charge < -0.3 is 10.6 Å². The zero-order valence-corrected chi connectivity index (χ0v) is 15.3. The predicted octanol–water partition coefficient (Wildman–Crippen LogP) is 3.13. The minimum Gasteiger partial charge on any atom is -0.347 e. The Morgan fingerprint density at radius 2 is 1.72 bits per heavy atom. The Balaban J connectivity index is 2.21. The molecule has 0 aliphatic heterocycles. The van der Waals surface area contributed by atoms with Crippen molar-refractivity contribution in [2.75, 3.05) is 5.32 Å². The largest absolute Gasteiger partial charge is 0.347 e. The normalized spacial score (nSPS) is 11.1. The molecule has 132 valence electrons. The molecule has 2 amide bonds. The van der Waals surface area contributed by atoms with Gasteiger partial charge in [-0.25, -0.2) is 9.97 Å². The molecule has 0 radical (unpaired) electrons. The van der Waals surface area contributed by atoms with Gasteiger partial charge >= 0.3 is 0 Å². The van der Waals surface area contributed by atoms with Gasteiger partial charge in [0.05, 0.1) is 5.56 Å². The summed E-state index contributed by atoms with van der Waals surface area (Å²) in [6.07, 6.45) is 3.73. The van der Waals surface area contributed by atoms with Gasteiger partial charge in [-0.15, -0.1) is 0 Å². The maximum absolute atomic E-state index is 12.4. The fourth-order valence-corrected chi connectivity index (χ4v) is 2.27. The number of aryl methyl sites for hydroxylation is 1. The van der Waals surface area contributed by atoms with Gasteiger partial charge in [-0.2, -0.15) is 0 Å². The molecule has 6 nitrogen and oxygen atoms in total. The highest BCUT2D eigenvalue weighted by Crippen LogP contribution is 2.20. The van der Waals surface area contributed by atoms with Crippen LogP contribution >= 0.6 is 0 Å². The van der Waals surface area contributed by atoms with Crippen molar-refractivity contribution in [1.29, 1.82) is 0 Å². The molecule has 0 fully saturated rings. The van der Waals surface area contributed by atoms with Crippen LogP contribution in [0.1, 0.15) is 59.8 Å². The summed E-state index contributed by atoms with van der Waals surface area (Å²) in [4.78, 5) is 33.1. The van der Waals surface area contributed by atoms with E-state index in [0.717, 1.165) is 0 Å². The third kappa shape index (κ3) is 4.86. The zero-order chi connectivity index (χ0) is 18.6. The van der Waals surface area contributed by atoms with Crippen molar-refractivity contribution in [2.24, 2.45) is 0 Å². The topological polar surface area (TPSA) is 84.0 Å². The number of anilines is 1. The Morgan fingerprint density at radius 3 is 2.28 bits per heavy atom. The summed E-state index contributed by atoms with van der Waals surface area (Å²) < 4.78 is 0. The quantitative estimate of drug-likeness (QED) is 0.895. The van der Waals surface area contributed by atoms with Crippen LogP contribution in [0.25, 0.3) is 0 Å². The van der Waals surface area contributed by atoms with E-state index in [0.29, 0.717) is 34.6 Å². The third-order valence-corrected chi connectivity index (χ3v) is 3.60. The molecule has 2 rings (SSSR count). The van der Waals surface area contributed by atoms with Gasteiger partial charge in [0.25, 0.3) is 11.8 Å². The van der Waals surface area contributed by atoms with Crippen molar-refractivity contribution < 1.29 is 9.59 Å². The van der Waals surface area contributed by atoms with E-state index in [9.17, 15) is 9.59 Å². The maximum atomic E-state index is 12.4. The van der Waals surface area contributed by atoms with Crippen LogP contribution in [0.5, 0.6) is 0 Å². The fourth-order valence-electron chi connectivity index (χ4n) is 2.27. The average molecular weight is 340 g/mol. The van der Waals surface area contributed by atoms with Gasteiger partial charge in [-0.05, 0) is 45.4 Å². The molecule has 1 aromatic carbocycles. The Morgan fingerprint density at radius 1 is 1.08 bits per heavy atom. The van der Waals surface area contributed by atoms with Crippen LogP contribution in [0.3, 0.4) is 0 Å². The average Bonchev–Trinajstić information content (AvgIpc) is 2.55. The van der Waals surface area contributed by atoms with Crippen molar-refractivity contribution in [2.45, 2.75) is 46.6 Å². The highest BCUT2D eigenvalue weighted by atomic mass is 16.2. The summed E-state index contributed by atoms with van der Waals surface area (Å²) >= 11 is 0. The molecule has 1 heterocycles. The standard InChI is InChI=1S/C19H24N4O2/c1-6-16-20-10-13(11-21-16)17(24)22-15-9-7-8-14(12(15)2)18(25)23-19(3,4)5/h7-11H,6H2,1-5H3,(H,22,24)(H,23,25). The van der Waals surface area contributed by atoms with Crippen LogP contribution in [0.4, 0.5) is 5.69 Å². The zero-order valence-electron chi connectivity index (χ0n) is 15.3. The maximum Gasteiger partial charge on any atom is 0.258 e. The number of carbonyl (C=O) groups is 2. The molecule has 0 saturated carbocycles. The first-order valence-corrected chi connectivity index (χ1v) is 8.25. The van der Waals surface area contributed by atoms with Crippen LogP contribution in [-0.2, 0) is 6.42 Å². The molecule has 2 aromatic rings. The van der Waals surface area contributed by atoms with Gasteiger partial charge in [0.15, 0.2) is 0 Å². The van der Waals surface area contributed by atoms with Crippen molar-refractivity contribution in [3.05, 3.63) is 53.1 Å². The number of hydrogen-bond donors (Lipinski definition) is 2. The van der Waals surface area contributed by atoms with E-state index < -0.39 is 0 Å². The van der Waals surface area contributed by atoms with Crippen LogP contribution in [0.2, 0.25) is 0 Å². The second-order valence-corrected chi connectivity index (χ2v) is 6.88. The van der Waals surface area contributed by atoms with Gasteiger partial charge in [0.2, 0.25) is 0 Å². The molecule has 0 unspecified atom stereocenters. The van der Waals surface area contributed by atoms with Crippen LogP contribution < -0.4 is 10.6 Å². The Bertz CT molecular complexity index is 777. The second-order valence-electron chi connectivity index (χ2n) is 6.88. The van der Waals surface area contributed by atoms with E-state index >= 15 is 0 Å². The minimum atomic E-state index is -0.332. The van der Waals surface area contributed by atoms with Gasteiger partial charge in [0.1, 0.15) is 5.82 Å². The Hall–Kier alpha value is -2.76. The highest BCUT2D eigenvalue weighted by molar-refractivity contribution is 6.05. The summed E-state index contributed by atoms with van der Waals surface area (Å²) in [7, 11) is 0. The summed E-state index contributed by atoms with van der Waals surface area (Å²) in [5.41, 5.74) is 1.88. The number of hydrogen-bond acceptors (Lipinski definition) is 4. The SMILES string of the molecule is CCc1ncc(C(=O)Nc2cccc(C(=O)NC(C)(C)C)c2C)cn1. The lowest BCUT2D eigenvalue weighted by Crippen LogP contribution is -2.40. The second kappa shape index (κ2) is 7.42. The Labute approximate surface area is 148 Å². The first-order chi connectivity index (χ1) is 11.7. The van der Waals surface area contributed by atoms with E-state index in [1.165, 1.54) is 12.4 Å². The summed E-state index contributed by atoms with van der Waals surface area (Å²) in [5, 5.41) is 5.75. The molecule has 0 aliphatic carbocycles. The first-order valence-electron chi connectivity index (χ1n) is 8.25. The van der Waals surface area contributed by atoms with E-state index in [4.69, 9.17) is 0 Å². The number of benzene rings is 1. The minimum absolute atomic E-state index is 0.170. The number of nitrogens with one attached hydrogen (secondary N) is 2.